The number of likely N-dealkylation sites (tertiary alicyclic amines) is 1. The van der Waals surface area contributed by atoms with Gasteiger partial charge in [0, 0.05) is 29.7 Å². The molecule has 1 atom stereocenters. The molecule has 1 aromatic heterocycles. The van der Waals surface area contributed by atoms with E-state index in [2.05, 4.69) is 4.98 Å². The number of nitrogens with zero attached hydrogens (tertiary/aromatic N) is 1. The van der Waals surface area contributed by atoms with Crippen LogP contribution in [0, 0.1) is 6.92 Å². The molecule has 1 amide bonds. The van der Waals surface area contributed by atoms with E-state index in [9.17, 15) is 9.90 Å². The highest BCUT2D eigenvalue weighted by molar-refractivity contribution is 6.08. The highest BCUT2D eigenvalue weighted by Gasteiger charge is 2.29. The van der Waals surface area contributed by atoms with Gasteiger partial charge in [-0.1, -0.05) is 18.2 Å². The van der Waals surface area contributed by atoms with Gasteiger partial charge >= 0.3 is 0 Å². The van der Waals surface area contributed by atoms with Gasteiger partial charge in [-0.2, -0.15) is 0 Å². The Morgan fingerprint density at radius 3 is 2.86 bits per heavy atom. The largest absolute Gasteiger partial charge is 0.390 e. The number of para-hydroxylation sites is 1. The van der Waals surface area contributed by atoms with Crippen molar-refractivity contribution in [3.05, 3.63) is 35.5 Å². The predicted molar refractivity (Wildman–Crippen MR) is 83.4 cm³/mol. The fourth-order valence-corrected chi connectivity index (χ4v) is 3.18. The van der Waals surface area contributed by atoms with Gasteiger partial charge < -0.3 is 15.0 Å². The maximum absolute atomic E-state index is 12.9. The number of aliphatic hydroxyl groups is 1. The molecule has 21 heavy (non-hydrogen) atoms. The third kappa shape index (κ3) is 2.68. The van der Waals surface area contributed by atoms with Crippen LogP contribution in [0.2, 0.25) is 0 Å². The molecule has 2 N–H and O–H groups in total. The third-order valence-corrected chi connectivity index (χ3v) is 4.46. The van der Waals surface area contributed by atoms with Gasteiger partial charge in [0.05, 0.1) is 11.2 Å². The van der Waals surface area contributed by atoms with E-state index < -0.39 is 5.60 Å². The fraction of sp³-hybridized carbons (Fsp3) is 0.471. The zero-order valence-corrected chi connectivity index (χ0v) is 12.6. The zero-order valence-electron chi connectivity index (χ0n) is 12.6. The molecule has 0 aliphatic carbocycles. The van der Waals surface area contributed by atoms with Crippen LogP contribution in [0.4, 0.5) is 0 Å². The second kappa shape index (κ2) is 5.19. The number of aryl methyl sites for hydroxylation is 1. The highest BCUT2D eigenvalue weighted by atomic mass is 16.3. The van der Waals surface area contributed by atoms with Crippen molar-refractivity contribution in [2.45, 2.75) is 38.7 Å². The first-order valence-corrected chi connectivity index (χ1v) is 7.57. The molecule has 4 heteroatoms. The van der Waals surface area contributed by atoms with E-state index in [1.54, 1.807) is 0 Å². The van der Waals surface area contributed by atoms with E-state index in [1.165, 1.54) is 0 Å². The summed E-state index contributed by atoms with van der Waals surface area (Å²) >= 11 is 0. The summed E-state index contributed by atoms with van der Waals surface area (Å²) in [6.45, 7) is 5.14. The lowest BCUT2D eigenvalue weighted by Crippen LogP contribution is -2.33. The molecular weight excluding hydrogens is 264 g/mol. The molecule has 2 aromatic rings. The van der Waals surface area contributed by atoms with Gasteiger partial charge in [0.2, 0.25) is 0 Å². The molecule has 0 saturated carbocycles. The molecule has 1 fully saturated rings. The van der Waals surface area contributed by atoms with Crippen LogP contribution in [0.25, 0.3) is 10.9 Å². The van der Waals surface area contributed by atoms with E-state index in [0.29, 0.717) is 19.5 Å². The van der Waals surface area contributed by atoms with Gasteiger partial charge in [0.15, 0.2) is 0 Å². The summed E-state index contributed by atoms with van der Waals surface area (Å²) < 4.78 is 0. The van der Waals surface area contributed by atoms with Gasteiger partial charge in [-0.3, -0.25) is 4.79 Å². The van der Waals surface area contributed by atoms with Crippen LogP contribution in [0.1, 0.15) is 42.2 Å². The van der Waals surface area contributed by atoms with E-state index >= 15 is 0 Å². The lowest BCUT2D eigenvalue weighted by atomic mass is 9.98. The second-order valence-corrected chi connectivity index (χ2v) is 6.31. The van der Waals surface area contributed by atoms with Crippen LogP contribution in [0.5, 0.6) is 0 Å². The van der Waals surface area contributed by atoms with Crippen LogP contribution in [0.15, 0.2) is 24.3 Å². The second-order valence-electron chi connectivity index (χ2n) is 6.31. The number of amides is 1. The minimum Gasteiger partial charge on any atom is -0.390 e. The number of nitrogens with one attached hydrogen (secondary N) is 1. The maximum atomic E-state index is 12.9. The predicted octanol–water partition coefficient (Wildman–Crippen LogP) is 2.85. The summed E-state index contributed by atoms with van der Waals surface area (Å²) in [6.07, 6.45) is 2.24. The summed E-state index contributed by atoms with van der Waals surface area (Å²) in [7, 11) is 0. The normalized spacial score (nSPS) is 23.3. The van der Waals surface area contributed by atoms with Crippen molar-refractivity contribution >= 4 is 16.8 Å². The van der Waals surface area contributed by atoms with E-state index in [4.69, 9.17) is 0 Å². The molecule has 0 radical (unpaired) electrons. The van der Waals surface area contributed by atoms with Crippen molar-refractivity contribution in [3.63, 3.8) is 0 Å². The summed E-state index contributed by atoms with van der Waals surface area (Å²) in [5.41, 5.74) is 2.04. The summed E-state index contributed by atoms with van der Waals surface area (Å²) in [5.74, 6) is 0.0719. The SMILES string of the molecule is Cc1[nH]c2ccccc2c1C(=O)N1CCCC(C)(O)CC1. The summed E-state index contributed by atoms with van der Waals surface area (Å²) in [4.78, 5) is 18.0. The Kier molecular flexibility index (Phi) is 3.49. The topological polar surface area (TPSA) is 56.3 Å². The lowest BCUT2D eigenvalue weighted by molar-refractivity contribution is 0.0438. The molecule has 1 aliphatic heterocycles. The third-order valence-electron chi connectivity index (χ3n) is 4.46. The van der Waals surface area contributed by atoms with Crippen LogP contribution in [-0.4, -0.2) is 39.6 Å². The Balaban J connectivity index is 1.92. The maximum Gasteiger partial charge on any atom is 0.256 e. The molecular formula is C17H22N2O2. The van der Waals surface area contributed by atoms with Crippen LogP contribution >= 0.6 is 0 Å². The number of aromatic nitrogens is 1. The number of fused-ring (bicyclic) bond motifs is 1. The molecule has 4 nitrogen and oxygen atoms in total. The van der Waals surface area contributed by atoms with Crippen LogP contribution in [0.3, 0.4) is 0 Å². The number of carbonyl (C=O) groups excluding carboxylic acids is 1. The van der Waals surface area contributed by atoms with Gasteiger partial charge in [-0.15, -0.1) is 0 Å². The van der Waals surface area contributed by atoms with Gasteiger partial charge in [-0.05, 0) is 39.2 Å². The molecule has 1 aromatic carbocycles. The first-order valence-electron chi connectivity index (χ1n) is 7.57. The number of hydrogen-bond donors (Lipinski definition) is 2. The molecule has 0 bridgehead atoms. The molecule has 1 saturated heterocycles. The fourth-order valence-electron chi connectivity index (χ4n) is 3.18. The number of H-pyrrole nitrogens is 1. The molecule has 2 heterocycles. The van der Waals surface area contributed by atoms with E-state index in [-0.39, 0.29) is 5.91 Å². The van der Waals surface area contributed by atoms with Gasteiger partial charge in [-0.25, -0.2) is 0 Å². The van der Waals surface area contributed by atoms with E-state index in [0.717, 1.165) is 35.0 Å². The Labute approximate surface area is 124 Å². The molecule has 0 spiro atoms. The molecule has 112 valence electrons. The lowest BCUT2D eigenvalue weighted by Gasteiger charge is -2.22. The number of benzene rings is 1. The Hall–Kier alpha value is -1.81. The highest BCUT2D eigenvalue weighted by Crippen LogP contribution is 2.26. The van der Waals surface area contributed by atoms with Crippen LogP contribution < -0.4 is 0 Å². The zero-order chi connectivity index (χ0) is 15.0. The molecule has 1 aliphatic rings. The Morgan fingerprint density at radius 1 is 1.29 bits per heavy atom. The smallest absolute Gasteiger partial charge is 0.256 e. The Morgan fingerprint density at radius 2 is 2.05 bits per heavy atom. The van der Waals surface area contributed by atoms with Crippen molar-refractivity contribution in [3.8, 4) is 0 Å². The Bertz CT molecular complexity index is 672. The minimum atomic E-state index is -0.649. The minimum absolute atomic E-state index is 0.0719. The van der Waals surface area contributed by atoms with Crippen molar-refractivity contribution in [2.24, 2.45) is 0 Å². The van der Waals surface area contributed by atoms with Crippen molar-refractivity contribution in [2.75, 3.05) is 13.1 Å². The van der Waals surface area contributed by atoms with Gasteiger partial charge in [0.1, 0.15) is 0 Å². The summed E-state index contributed by atoms with van der Waals surface area (Å²) in [5, 5.41) is 11.1. The first kappa shape index (κ1) is 14.1. The summed E-state index contributed by atoms with van der Waals surface area (Å²) in [6, 6.07) is 7.90. The average Bonchev–Trinajstić information content (AvgIpc) is 2.65. The van der Waals surface area contributed by atoms with Crippen molar-refractivity contribution in [1.29, 1.82) is 0 Å². The van der Waals surface area contributed by atoms with E-state index in [1.807, 2.05) is 43.0 Å². The van der Waals surface area contributed by atoms with Crippen LogP contribution in [-0.2, 0) is 0 Å². The first-order chi connectivity index (χ1) is 9.98. The number of carbonyl (C=O) groups is 1. The number of hydrogen-bond acceptors (Lipinski definition) is 2. The van der Waals surface area contributed by atoms with Crippen molar-refractivity contribution < 1.29 is 9.90 Å². The molecule has 1 unspecified atom stereocenters. The number of aromatic amines is 1. The average molecular weight is 286 g/mol. The monoisotopic (exact) mass is 286 g/mol. The van der Waals surface area contributed by atoms with Gasteiger partial charge in [0.25, 0.3) is 5.91 Å². The quantitative estimate of drug-likeness (QED) is 0.847. The van der Waals surface area contributed by atoms with Crippen molar-refractivity contribution in [1.82, 2.24) is 9.88 Å². The standard InChI is InChI=1S/C17H22N2O2/c1-12-15(13-6-3-4-7-14(13)18-12)16(20)19-10-5-8-17(2,21)9-11-19/h3-4,6-7,18,21H,5,8-11H2,1-2H3. The molecule has 3 rings (SSSR count). The number of rotatable bonds is 1.